The molecule has 0 spiro atoms. The maximum absolute atomic E-state index is 2.35. The summed E-state index contributed by atoms with van der Waals surface area (Å²) in [5.41, 5.74) is 0. The average molecular weight is 158 g/mol. The molecule has 0 rings (SSSR count). The molecule has 0 saturated carbocycles. The number of hydrogen-bond donors (Lipinski definition) is 0. The van der Waals surface area contributed by atoms with E-state index in [1.807, 2.05) is 0 Å². The third-order valence-corrected chi connectivity index (χ3v) is 2.75. The maximum Gasteiger partial charge on any atom is 0.0831 e. The lowest BCUT2D eigenvalue weighted by molar-refractivity contribution is -0.930. The molecule has 1 atom stereocenters. The van der Waals surface area contributed by atoms with Crippen LogP contribution < -0.4 is 0 Å². The van der Waals surface area contributed by atoms with Crippen LogP contribution in [0.1, 0.15) is 34.6 Å². The third kappa shape index (κ3) is 3.24. The topological polar surface area (TPSA) is 0 Å². The van der Waals surface area contributed by atoms with Crippen molar-refractivity contribution in [1.82, 2.24) is 0 Å². The molecule has 0 aromatic rings. The van der Waals surface area contributed by atoms with E-state index in [1.165, 1.54) is 17.6 Å². The van der Waals surface area contributed by atoms with E-state index in [4.69, 9.17) is 0 Å². The Morgan fingerprint density at radius 1 is 1.09 bits per heavy atom. The van der Waals surface area contributed by atoms with E-state index < -0.39 is 0 Å². The van der Waals surface area contributed by atoms with Crippen molar-refractivity contribution in [1.29, 1.82) is 0 Å². The Balaban J connectivity index is 4.10. The van der Waals surface area contributed by atoms with E-state index in [-0.39, 0.29) is 0 Å². The lowest BCUT2D eigenvalue weighted by atomic mass is 10.1. The molecule has 68 valence electrons. The van der Waals surface area contributed by atoms with E-state index >= 15 is 0 Å². The first-order chi connectivity index (χ1) is 4.92. The molecule has 0 saturated heterocycles. The van der Waals surface area contributed by atoms with E-state index in [2.05, 4.69) is 41.7 Å². The first-order valence-electron chi connectivity index (χ1n) is 4.76. The van der Waals surface area contributed by atoms with Gasteiger partial charge in [-0.3, -0.25) is 0 Å². The fraction of sp³-hybridized carbons (Fsp3) is 1.00. The van der Waals surface area contributed by atoms with Crippen LogP contribution in [0.4, 0.5) is 0 Å². The van der Waals surface area contributed by atoms with Gasteiger partial charge in [0.05, 0.1) is 26.2 Å². The van der Waals surface area contributed by atoms with Gasteiger partial charge in [0.15, 0.2) is 0 Å². The fourth-order valence-electron chi connectivity index (χ4n) is 1.54. The third-order valence-electron chi connectivity index (χ3n) is 2.75. The molecular formula is C10H24N+. The number of quaternary nitrogens is 1. The highest BCUT2D eigenvalue weighted by Crippen LogP contribution is 2.12. The molecule has 0 aliphatic carbocycles. The van der Waals surface area contributed by atoms with Crippen molar-refractivity contribution in [3.8, 4) is 0 Å². The van der Waals surface area contributed by atoms with Crippen LogP contribution in [0.25, 0.3) is 0 Å². The minimum atomic E-state index is 0.752. The zero-order chi connectivity index (χ0) is 9.07. The molecule has 1 heteroatoms. The van der Waals surface area contributed by atoms with Crippen molar-refractivity contribution in [3.63, 3.8) is 0 Å². The predicted octanol–water partition coefficient (Wildman–Crippen LogP) is 2.52. The van der Waals surface area contributed by atoms with E-state index in [0.29, 0.717) is 0 Å². The van der Waals surface area contributed by atoms with Gasteiger partial charge in [0.2, 0.25) is 0 Å². The molecule has 0 fully saturated rings. The maximum atomic E-state index is 2.35. The van der Waals surface area contributed by atoms with Gasteiger partial charge in [-0.1, -0.05) is 13.8 Å². The van der Waals surface area contributed by atoms with Gasteiger partial charge in [-0.05, 0) is 20.8 Å². The van der Waals surface area contributed by atoms with Gasteiger partial charge >= 0.3 is 0 Å². The van der Waals surface area contributed by atoms with Crippen LogP contribution in [0.2, 0.25) is 0 Å². The number of rotatable bonds is 4. The van der Waals surface area contributed by atoms with Gasteiger partial charge in [-0.25, -0.2) is 0 Å². The van der Waals surface area contributed by atoms with E-state index in [0.717, 1.165) is 12.0 Å². The Labute approximate surface area is 72.0 Å². The van der Waals surface area contributed by atoms with Crippen molar-refractivity contribution in [2.24, 2.45) is 5.92 Å². The molecule has 0 heterocycles. The quantitative estimate of drug-likeness (QED) is 0.552. The van der Waals surface area contributed by atoms with E-state index in [1.54, 1.807) is 0 Å². The minimum Gasteiger partial charge on any atom is -0.324 e. The van der Waals surface area contributed by atoms with E-state index in [9.17, 15) is 0 Å². The van der Waals surface area contributed by atoms with Gasteiger partial charge in [-0.2, -0.15) is 0 Å². The first-order valence-corrected chi connectivity index (χ1v) is 4.76. The summed E-state index contributed by atoms with van der Waals surface area (Å²) in [4.78, 5) is 0. The summed E-state index contributed by atoms with van der Waals surface area (Å²) in [6, 6.07) is 0.752. The average Bonchev–Trinajstić information content (AvgIpc) is 1.86. The monoisotopic (exact) mass is 158 g/mol. The molecule has 0 aromatic carbocycles. The Morgan fingerprint density at radius 3 is 1.64 bits per heavy atom. The highest BCUT2D eigenvalue weighted by molar-refractivity contribution is 4.47. The smallest absolute Gasteiger partial charge is 0.0831 e. The molecule has 0 radical (unpaired) electrons. The molecule has 0 N–H and O–H groups in total. The molecule has 0 aliphatic rings. The van der Waals surface area contributed by atoms with Gasteiger partial charge in [0.1, 0.15) is 0 Å². The predicted molar refractivity (Wildman–Crippen MR) is 51.6 cm³/mol. The normalized spacial score (nSPS) is 17.5. The summed E-state index contributed by atoms with van der Waals surface area (Å²) in [6.45, 7) is 14.0. The summed E-state index contributed by atoms with van der Waals surface area (Å²) >= 11 is 0. The SMILES string of the molecule is CC[N+](C)(CC(C)C)C(C)C. The standard InChI is InChI=1S/C10H24N/c1-7-11(6,10(4)5)8-9(2)3/h9-10H,7-8H2,1-6H3/q+1. The summed E-state index contributed by atoms with van der Waals surface area (Å²) in [6.07, 6.45) is 0. The van der Waals surface area contributed by atoms with Gasteiger partial charge in [-0.15, -0.1) is 0 Å². The Hall–Kier alpha value is -0.0400. The fourth-order valence-corrected chi connectivity index (χ4v) is 1.54. The minimum absolute atomic E-state index is 0.752. The number of hydrogen-bond acceptors (Lipinski definition) is 0. The lowest BCUT2D eigenvalue weighted by Crippen LogP contribution is -2.51. The summed E-state index contributed by atoms with van der Waals surface area (Å²) in [7, 11) is 2.35. The zero-order valence-corrected chi connectivity index (χ0v) is 9.02. The lowest BCUT2D eigenvalue weighted by Gasteiger charge is -2.39. The van der Waals surface area contributed by atoms with Crippen molar-refractivity contribution < 1.29 is 4.48 Å². The van der Waals surface area contributed by atoms with Crippen LogP contribution in [0.5, 0.6) is 0 Å². The van der Waals surface area contributed by atoms with Crippen molar-refractivity contribution in [3.05, 3.63) is 0 Å². The molecule has 0 aromatic heterocycles. The Kier molecular flexibility index (Phi) is 4.09. The second-order valence-corrected chi connectivity index (χ2v) is 4.47. The Morgan fingerprint density at radius 2 is 1.55 bits per heavy atom. The molecule has 11 heavy (non-hydrogen) atoms. The zero-order valence-electron chi connectivity index (χ0n) is 9.02. The van der Waals surface area contributed by atoms with Crippen LogP contribution >= 0.6 is 0 Å². The van der Waals surface area contributed by atoms with Gasteiger partial charge in [0.25, 0.3) is 0 Å². The molecule has 1 nitrogen and oxygen atoms in total. The number of nitrogens with zero attached hydrogens (tertiary/aromatic N) is 1. The molecular weight excluding hydrogens is 134 g/mol. The molecule has 0 aliphatic heterocycles. The highest BCUT2D eigenvalue weighted by atomic mass is 15.3. The summed E-state index contributed by atoms with van der Waals surface area (Å²) < 4.78 is 1.21. The van der Waals surface area contributed by atoms with Crippen LogP contribution in [0.15, 0.2) is 0 Å². The summed E-state index contributed by atoms with van der Waals surface area (Å²) in [5, 5.41) is 0. The Bertz CT molecular complexity index is 107. The second kappa shape index (κ2) is 4.10. The van der Waals surface area contributed by atoms with Crippen LogP contribution in [0.3, 0.4) is 0 Å². The van der Waals surface area contributed by atoms with Gasteiger partial charge in [0, 0.05) is 5.92 Å². The van der Waals surface area contributed by atoms with Gasteiger partial charge < -0.3 is 4.48 Å². The van der Waals surface area contributed by atoms with Crippen molar-refractivity contribution in [2.75, 3.05) is 20.1 Å². The van der Waals surface area contributed by atoms with Crippen LogP contribution in [-0.4, -0.2) is 30.7 Å². The molecule has 0 bridgehead atoms. The van der Waals surface area contributed by atoms with Crippen LogP contribution in [0, 0.1) is 5.92 Å². The summed E-state index contributed by atoms with van der Waals surface area (Å²) in [5.74, 6) is 0.808. The van der Waals surface area contributed by atoms with Crippen LogP contribution in [-0.2, 0) is 0 Å². The highest BCUT2D eigenvalue weighted by Gasteiger charge is 2.24. The molecule has 1 unspecified atom stereocenters. The molecule has 0 amide bonds. The van der Waals surface area contributed by atoms with Crippen molar-refractivity contribution in [2.45, 2.75) is 40.7 Å². The largest absolute Gasteiger partial charge is 0.324 e. The first kappa shape index (κ1) is 11.0. The van der Waals surface area contributed by atoms with Crippen molar-refractivity contribution >= 4 is 0 Å². The second-order valence-electron chi connectivity index (χ2n) is 4.47.